The predicted molar refractivity (Wildman–Crippen MR) is 90.4 cm³/mol. The van der Waals surface area contributed by atoms with Crippen LogP contribution >= 0.6 is 0 Å². The van der Waals surface area contributed by atoms with Gasteiger partial charge in [-0.1, -0.05) is 12.1 Å². The zero-order chi connectivity index (χ0) is 16.2. The number of hydrogen-bond donors (Lipinski definition) is 1. The molecule has 1 atom stereocenters. The third-order valence-corrected chi connectivity index (χ3v) is 4.50. The van der Waals surface area contributed by atoms with Gasteiger partial charge in [-0.2, -0.15) is 0 Å². The Labute approximate surface area is 137 Å². The second kappa shape index (κ2) is 6.96. The number of piperidine rings is 1. The van der Waals surface area contributed by atoms with Crippen molar-refractivity contribution in [3.05, 3.63) is 48.0 Å². The van der Waals surface area contributed by atoms with Gasteiger partial charge in [0.15, 0.2) is 0 Å². The highest BCUT2D eigenvalue weighted by Gasteiger charge is 2.23. The highest BCUT2D eigenvalue weighted by Crippen LogP contribution is 2.16. The van der Waals surface area contributed by atoms with Crippen molar-refractivity contribution >= 4 is 5.91 Å². The van der Waals surface area contributed by atoms with Gasteiger partial charge in [-0.15, -0.1) is 0 Å². The molecule has 3 rings (SSSR count). The van der Waals surface area contributed by atoms with Crippen LogP contribution in [0.2, 0.25) is 0 Å². The molecule has 1 aromatic heterocycles. The number of hydrogen-bond acceptors (Lipinski definition) is 3. The Morgan fingerprint density at radius 1 is 1.35 bits per heavy atom. The van der Waals surface area contributed by atoms with Crippen molar-refractivity contribution in [1.29, 1.82) is 0 Å². The van der Waals surface area contributed by atoms with Gasteiger partial charge in [-0.3, -0.25) is 4.79 Å². The van der Waals surface area contributed by atoms with E-state index in [0.717, 1.165) is 43.0 Å². The lowest BCUT2D eigenvalue weighted by Crippen LogP contribution is -2.41. The van der Waals surface area contributed by atoms with E-state index in [1.807, 2.05) is 17.7 Å². The molecule has 0 aliphatic carbocycles. The van der Waals surface area contributed by atoms with E-state index in [2.05, 4.69) is 46.5 Å². The van der Waals surface area contributed by atoms with Crippen molar-refractivity contribution in [3.8, 4) is 5.69 Å². The molecule has 122 valence electrons. The second-order valence-corrected chi connectivity index (χ2v) is 6.33. The zero-order valence-electron chi connectivity index (χ0n) is 13.8. The van der Waals surface area contributed by atoms with Crippen LogP contribution in [0.5, 0.6) is 0 Å². The predicted octanol–water partition coefficient (Wildman–Crippen LogP) is 2.14. The molecule has 0 bridgehead atoms. The van der Waals surface area contributed by atoms with Gasteiger partial charge in [0, 0.05) is 31.2 Å². The number of benzene rings is 1. The van der Waals surface area contributed by atoms with E-state index in [9.17, 15) is 4.79 Å². The lowest BCUT2D eigenvalue weighted by Gasteiger charge is -2.28. The number of nitrogens with one attached hydrogen (secondary N) is 1. The number of imidazole rings is 1. The maximum Gasteiger partial charge on any atom is 0.224 e. The SMILES string of the molecule is Cc1nccn1-c1ccc(CNC(=O)[C@@H]2CCCN(C)C2)cc1. The Morgan fingerprint density at radius 3 is 2.78 bits per heavy atom. The fourth-order valence-electron chi connectivity index (χ4n) is 3.14. The van der Waals surface area contributed by atoms with Gasteiger partial charge >= 0.3 is 0 Å². The smallest absolute Gasteiger partial charge is 0.224 e. The number of aryl methyl sites for hydroxylation is 1. The standard InChI is InChI=1S/C18H24N4O/c1-14-19-9-11-22(14)17-7-5-15(6-8-17)12-20-18(23)16-4-3-10-21(2)13-16/h5-9,11,16H,3-4,10,12-13H2,1-2H3,(H,20,23)/t16-/m1/s1. The molecule has 1 saturated heterocycles. The molecule has 5 heteroatoms. The van der Waals surface area contributed by atoms with Gasteiger partial charge in [-0.25, -0.2) is 4.98 Å². The molecule has 2 aromatic rings. The van der Waals surface area contributed by atoms with Gasteiger partial charge in [0.05, 0.1) is 5.92 Å². The van der Waals surface area contributed by atoms with E-state index in [1.54, 1.807) is 6.20 Å². The minimum atomic E-state index is 0.127. The van der Waals surface area contributed by atoms with Crippen LogP contribution in [0.1, 0.15) is 24.2 Å². The first-order valence-corrected chi connectivity index (χ1v) is 8.19. The molecule has 0 saturated carbocycles. The fourth-order valence-corrected chi connectivity index (χ4v) is 3.14. The number of nitrogens with zero attached hydrogens (tertiary/aromatic N) is 3. The summed E-state index contributed by atoms with van der Waals surface area (Å²) in [4.78, 5) is 18.7. The van der Waals surface area contributed by atoms with Gasteiger partial charge in [0.2, 0.25) is 5.91 Å². The van der Waals surface area contributed by atoms with Crippen molar-refractivity contribution in [2.24, 2.45) is 5.92 Å². The molecule has 0 unspecified atom stereocenters. The highest BCUT2D eigenvalue weighted by atomic mass is 16.1. The van der Waals surface area contributed by atoms with Gasteiger partial charge in [0.25, 0.3) is 0 Å². The summed E-state index contributed by atoms with van der Waals surface area (Å²) in [6.45, 7) is 4.53. The summed E-state index contributed by atoms with van der Waals surface area (Å²) >= 11 is 0. The van der Waals surface area contributed by atoms with E-state index < -0.39 is 0 Å². The van der Waals surface area contributed by atoms with E-state index in [0.29, 0.717) is 6.54 Å². The summed E-state index contributed by atoms with van der Waals surface area (Å²) in [6, 6.07) is 8.24. The minimum Gasteiger partial charge on any atom is -0.352 e. The van der Waals surface area contributed by atoms with Gasteiger partial charge in [-0.05, 0) is 51.1 Å². The summed E-state index contributed by atoms with van der Waals surface area (Å²) in [5, 5.41) is 3.07. The summed E-state index contributed by atoms with van der Waals surface area (Å²) in [5.41, 5.74) is 2.20. The Bertz CT molecular complexity index is 662. The highest BCUT2D eigenvalue weighted by molar-refractivity contribution is 5.78. The summed E-state index contributed by atoms with van der Waals surface area (Å²) < 4.78 is 2.04. The quantitative estimate of drug-likeness (QED) is 0.941. The van der Waals surface area contributed by atoms with Crippen LogP contribution in [0.4, 0.5) is 0 Å². The first-order chi connectivity index (χ1) is 11.1. The van der Waals surface area contributed by atoms with E-state index in [1.165, 1.54) is 0 Å². The maximum atomic E-state index is 12.3. The van der Waals surface area contributed by atoms with Crippen molar-refractivity contribution in [3.63, 3.8) is 0 Å². The number of likely N-dealkylation sites (tertiary alicyclic amines) is 1. The third-order valence-electron chi connectivity index (χ3n) is 4.50. The molecule has 1 fully saturated rings. The average Bonchev–Trinajstić information content (AvgIpc) is 2.99. The number of carbonyl (C=O) groups excluding carboxylic acids is 1. The third kappa shape index (κ3) is 3.79. The van der Waals surface area contributed by atoms with Crippen LogP contribution in [0.15, 0.2) is 36.7 Å². The van der Waals surface area contributed by atoms with E-state index in [4.69, 9.17) is 0 Å². The van der Waals surface area contributed by atoms with Gasteiger partial charge in [0.1, 0.15) is 5.82 Å². The fraction of sp³-hybridized carbons (Fsp3) is 0.444. The summed E-state index contributed by atoms with van der Waals surface area (Å²) in [7, 11) is 2.08. The van der Waals surface area contributed by atoms with Crippen LogP contribution < -0.4 is 5.32 Å². The lowest BCUT2D eigenvalue weighted by molar-refractivity contribution is -0.126. The van der Waals surface area contributed by atoms with Crippen molar-refractivity contribution in [2.75, 3.05) is 20.1 Å². The number of rotatable bonds is 4. The first kappa shape index (κ1) is 15.7. The van der Waals surface area contributed by atoms with Crippen LogP contribution in [-0.4, -0.2) is 40.5 Å². The summed E-state index contributed by atoms with van der Waals surface area (Å²) in [5.74, 6) is 1.26. The lowest BCUT2D eigenvalue weighted by atomic mass is 9.97. The van der Waals surface area contributed by atoms with Crippen molar-refractivity contribution < 1.29 is 4.79 Å². The molecule has 1 amide bonds. The molecule has 5 nitrogen and oxygen atoms in total. The molecular weight excluding hydrogens is 288 g/mol. The normalized spacial score (nSPS) is 18.8. The van der Waals surface area contributed by atoms with Crippen molar-refractivity contribution in [1.82, 2.24) is 19.8 Å². The van der Waals surface area contributed by atoms with E-state index in [-0.39, 0.29) is 11.8 Å². The van der Waals surface area contributed by atoms with Crippen LogP contribution in [0, 0.1) is 12.8 Å². The molecule has 1 aromatic carbocycles. The largest absolute Gasteiger partial charge is 0.352 e. The Morgan fingerprint density at radius 2 is 2.13 bits per heavy atom. The number of carbonyl (C=O) groups is 1. The molecule has 23 heavy (non-hydrogen) atoms. The molecule has 1 N–H and O–H groups in total. The minimum absolute atomic E-state index is 0.127. The number of aromatic nitrogens is 2. The molecule has 0 radical (unpaired) electrons. The topological polar surface area (TPSA) is 50.2 Å². The Kier molecular flexibility index (Phi) is 4.76. The maximum absolute atomic E-state index is 12.3. The Balaban J connectivity index is 1.56. The Hall–Kier alpha value is -2.14. The average molecular weight is 312 g/mol. The molecule has 2 heterocycles. The first-order valence-electron chi connectivity index (χ1n) is 8.19. The molecular formula is C18H24N4O. The van der Waals surface area contributed by atoms with Crippen molar-refractivity contribution in [2.45, 2.75) is 26.3 Å². The van der Waals surface area contributed by atoms with Crippen LogP contribution in [-0.2, 0) is 11.3 Å². The van der Waals surface area contributed by atoms with E-state index >= 15 is 0 Å². The zero-order valence-corrected chi connectivity index (χ0v) is 13.8. The van der Waals surface area contributed by atoms with Gasteiger partial charge < -0.3 is 14.8 Å². The summed E-state index contributed by atoms with van der Waals surface area (Å²) in [6.07, 6.45) is 5.85. The van der Waals surface area contributed by atoms with Crippen LogP contribution in [0.25, 0.3) is 5.69 Å². The number of amides is 1. The molecule has 0 spiro atoms. The molecule has 1 aliphatic rings. The monoisotopic (exact) mass is 312 g/mol. The van der Waals surface area contributed by atoms with Crippen LogP contribution in [0.3, 0.4) is 0 Å². The molecule has 1 aliphatic heterocycles. The second-order valence-electron chi connectivity index (χ2n) is 6.33.